The minimum absolute atomic E-state index is 0. The van der Waals surface area contributed by atoms with Crippen LogP contribution in [0.5, 0.6) is 11.5 Å². The number of hydrogen-bond acceptors (Lipinski definition) is 3. The summed E-state index contributed by atoms with van der Waals surface area (Å²) in [6.07, 6.45) is 6.55. The molecule has 28 heavy (non-hydrogen) atoms. The molecule has 1 fully saturated rings. The Morgan fingerprint density at radius 1 is 1.04 bits per heavy atom. The van der Waals surface area contributed by atoms with Crippen LogP contribution in [0.2, 0.25) is 10.0 Å². The first-order valence-electron chi connectivity index (χ1n) is 9.23. The zero-order valence-corrected chi connectivity index (χ0v) is 19.7. The molecule has 3 nitrogen and oxygen atoms in total. The monoisotopic (exact) mass is 507 g/mol. The molecule has 0 saturated heterocycles. The van der Waals surface area contributed by atoms with Crippen LogP contribution in [0.1, 0.15) is 43.2 Å². The van der Waals surface area contributed by atoms with E-state index in [-0.39, 0.29) is 12.4 Å². The molecule has 1 saturated carbocycles. The van der Waals surface area contributed by atoms with Gasteiger partial charge in [0.2, 0.25) is 0 Å². The van der Waals surface area contributed by atoms with Crippen LogP contribution in [-0.2, 0) is 13.2 Å². The van der Waals surface area contributed by atoms with Crippen molar-refractivity contribution < 1.29 is 9.47 Å². The number of ether oxygens (including phenoxy) is 2. The highest BCUT2D eigenvalue weighted by Gasteiger charge is 2.15. The average molecular weight is 510 g/mol. The lowest BCUT2D eigenvalue weighted by Gasteiger charge is -2.23. The number of hydrogen-bond donors (Lipinski definition) is 1. The summed E-state index contributed by atoms with van der Waals surface area (Å²) in [7, 11) is 1.66. The minimum atomic E-state index is 0. The van der Waals surface area contributed by atoms with Crippen molar-refractivity contribution in [2.45, 2.75) is 51.3 Å². The minimum Gasteiger partial charge on any atom is -0.493 e. The highest BCUT2D eigenvalue weighted by atomic mass is 79.9. The lowest BCUT2D eigenvalue weighted by molar-refractivity contribution is 0.282. The molecule has 2 aromatic rings. The summed E-state index contributed by atoms with van der Waals surface area (Å²) in [6.45, 7) is 1.21. The highest BCUT2D eigenvalue weighted by molar-refractivity contribution is 9.10. The normalized spacial score (nSPS) is 14.4. The van der Waals surface area contributed by atoms with Gasteiger partial charge in [-0.3, -0.25) is 0 Å². The molecule has 0 bridgehead atoms. The molecule has 0 unspecified atom stereocenters. The molecule has 0 aliphatic heterocycles. The van der Waals surface area contributed by atoms with Crippen molar-refractivity contribution in [3.63, 3.8) is 0 Å². The van der Waals surface area contributed by atoms with Crippen molar-refractivity contribution in [3.8, 4) is 11.5 Å². The predicted octanol–water partition coefficient (Wildman–Crippen LogP) is 7.19. The summed E-state index contributed by atoms with van der Waals surface area (Å²) in [5.74, 6) is 1.40. The predicted molar refractivity (Wildman–Crippen MR) is 122 cm³/mol. The molecule has 1 aliphatic rings. The fourth-order valence-corrected chi connectivity index (χ4v) is 4.29. The molecule has 0 atom stereocenters. The average Bonchev–Trinajstić information content (AvgIpc) is 2.68. The summed E-state index contributed by atoms with van der Waals surface area (Å²) in [6, 6.07) is 10.2. The first-order valence-corrected chi connectivity index (χ1v) is 10.8. The van der Waals surface area contributed by atoms with Crippen molar-refractivity contribution in [1.29, 1.82) is 0 Å². The van der Waals surface area contributed by atoms with Gasteiger partial charge in [0.25, 0.3) is 0 Å². The molecule has 0 radical (unpaired) electrons. The number of benzene rings is 2. The Kier molecular flexibility index (Phi) is 9.72. The molecule has 0 heterocycles. The number of nitrogens with one attached hydrogen (secondary N) is 1. The lowest BCUT2D eigenvalue weighted by atomic mass is 9.95. The van der Waals surface area contributed by atoms with E-state index in [0.29, 0.717) is 34.2 Å². The SMILES string of the molecule is COc1cc(CNC2CCCCC2)cc(Br)c1OCc1ccc(Cl)c(Cl)c1.Cl. The largest absolute Gasteiger partial charge is 0.493 e. The number of rotatable bonds is 7. The standard InChI is InChI=1S/C21H24BrCl2NO2.ClH/c1-26-20-11-15(12-25-16-5-3-2-4-6-16)9-17(22)21(20)27-13-14-7-8-18(23)19(24)10-14;/h7-11,16,25H,2-6,12-13H2,1H3;1H. The van der Waals surface area contributed by atoms with E-state index >= 15 is 0 Å². The van der Waals surface area contributed by atoms with Gasteiger partial charge in [-0.05, 0) is 64.2 Å². The Morgan fingerprint density at radius 2 is 1.79 bits per heavy atom. The summed E-state index contributed by atoms with van der Waals surface area (Å²) in [5, 5.41) is 4.72. The molecule has 154 valence electrons. The fraction of sp³-hybridized carbons (Fsp3) is 0.429. The fourth-order valence-electron chi connectivity index (χ4n) is 3.37. The van der Waals surface area contributed by atoms with Crippen molar-refractivity contribution >= 4 is 51.5 Å². The summed E-state index contributed by atoms with van der Waals surface area (Å²) in [5.41, 5.74) is 2.12. The van der Waals surface area contributed by atoms with E-state index < -0.39 is 0 Å². The van der Waals surface area contributed by atoms with Gasteiger partial charge in [-0.25, -0.2) is 0 Å². The van der Waals surface area contributed by atoms with E-state index in [0.717, 1.165) is 16.6 Å². The van der Waals surface area contributed by atoms with Gasteiger partial charge < -0.3 is 14.8 Å². The van der Waals surface area contributed by atoms with Gasteiger partial charge in [0.15, 0.2) is 11.5 Å². The lowest BCUT2D eigenvalue weighted by Crippen LogP contribution is -2.30. The second kappa shape index (κ2) is 11.5. The Morgan fingerprint density at radius 3 is 2.46 bits per heavy atom. The topological polar surface area (TPSA) is 30.5 Å². The Bertz CT molecular complexity index is 782. The first kappa shape index (κ1) is 23.6. The molecule has 3 rings (SSSR count). The molecule has 0 amide bonds. The van der Waals surface area contributed by atoms with Crippen LogP contribution < -0.4 is 14.8 Å². The van der Waals surface area contributed by atoms with Gasteiger partial charge in [0.05, 0.1) is 21.6 Å². The Hall–Kier alpha value is -0.650. The second-order valence-corrected chi connectivity index (χ2v) is 8.53. The van der Waals surface area contributed by atoms with Crippen LogP contribution in [0.3, 0.4) is 0 Å². The van der Waals surface area contributed by atoms with Crippen LogP contribution in [-0.4, -0.2) is 13.2 Å². The summed E-state index contributed by atoms with van der Waals surface area (Å²) >= 11 is 15.7. The maximum Gasteiger partial charge on any atom is 0.175 e. The van der Waals surface area contributed by atoms with Crippen LogP contribution in [0, 0.1) is 0 Å². The third-order valence-corrected chi connectivity index (χ3v) is 6.18. The number of halogens is 4. The van der Waals surface area contributed by atoms with Crippen LogP contribution in [0.15, 0.2) is 34.8 Å². The smallest absolute Gasteiger partial charge is 0.175 e. The Labute approximate surface area is 191 Å². The maximum absolute atomic E-state index is 6.08. The third-order valence-electron chi connectivity index (χ3n) is 4.86. The van der Waals surface area contributed by atoms with Crippen molar-refractivity contribution in [2.75, 3.05) is 7.11 Å². The molecule has 1 aliphatic carbocycles. The van der Waals surface area contributed by atoms with Gasteiger partial charge in [0.1, 0.15) is 6.61 Å². The first-order chi connectivity index (χ1) is 13.1. The van der Waals surface area contributed by atoms with E-state index in [4.69, 9.17) is 32.7 Å². The quantitative estimate of drug-likeness (QED) is 0.429. The van der Waals surface area contributed by atoms with Gasteiger partial charge in [-0.1, -0.05) is 48.5 Å². The third kappa shape index (κ3) is 6.43. The van der Waals surface area contributed by atoms with Gasteiger partial charge in [-0.2, -0.15) is 0 Å². The molecule has 7 heteroatoms. The molecule has 0 aromatic heterocycles. The van der Waals surface area contributed by atoms with Crippen LogP contribution in [0.25, 0.3) is 0 Å². The van der Waals surface area contributed by atoms with Gasteiger partial charge in [0, 0.05) is 12.6 Å². The highest BCUT2D eigenvalue weighted by Crippen LogP contribution is 2.37. The second-order valence-electron chi connectivity index (χ2n) is 6.86. The van der Waals surface area contributed by atoms with Crippen LogP contribution in [0.4, 0.5) is 0 Å². The van der Waals surface area contributed by atoms with Gasteiger partial charge in [-0.15, -0.1) is 12.4 Å². The zero-order chi connectivity index (χ0) is 19.2. The summed E-state index contributed by atoms with van der Waals surface area (Å²) in [4.78, 5) is 0. The van der Waals surface area contributed by atoms with E-state index in [2.05, 4.69) is 27.3 Å². The molecule has 2 aromatic carbocycles. The van der Waals surface area contributed by atoms with Crippen LogP contribution >= 0.6 is 51.5 Å². The van der Waals surface area contributed by atoms with Crippen molar-refractivity contribution in [2.24, 2.45) is 0 Å². The van der Waals surface area contributed by atoms with E-state index in [1.54, 1.807) is 13.2 Å². The molecular weight excluding hydrogens is 484 g/mol. The maximum atomic E-state index is 6.08. The van der Waals surface area contributed by atoms with E-state index in [9.17, 15) is 0 Å². The van der Waals surface area contributed by atoms with Crippen molar-refractivity contribution in [1.82, 2.24) is 5.32 Å². The Balaban J connectivity index is 0.00000280. The molecule has 0 spiro atoms. The molecular formula is C21H25BrCl3NO2. The van der Waals surface area contributed by atoms with E-state index in [1.807, 2.05) is 18.2 Å². The van der Waals surface area contributed by atoms with Gasteiger partial charge >= 0.3 is 0 Å². The summed E-state index contributed by atoms with van der Waals surface area (Å²) < 4.78 is 12.4. The number of methoxy groups -OCH3 is 1. The van der Waals surface area contributed by atoms with Crippen molar-refractivity contribution in [3.05, 3.63) is 56.0 Å². The molecule has 1 N–H and O–H groups in total. The van der Waals surface area contributed by atoms with E-state index in [1.165, 1.54) is 37.7 Å². The zero-order valence-electron chi connectivity index (χ0n) is 15.8.